The summed E-state index contributed by atoms with van der Waals surface area (Å²) < 4.78 is 1.58. The summed E-state index contributed by atoms with van der Waals surface area (Å²) in [4.78, 5) is 10.1. The van der Waals surface area contributed by atoms with Crippen LogP contribution in [0.1, 0.15) is 27.9 Å². The molecule has 1 fully saturated rings. The lowest BCUT2D eigenvalue weighted by molar-refractivity contribution is -0.925. The van der Waals surface area contributed by atoms with Crippen LogP contribution in [0.5, 0.6) is 5.88 Å². The first-order chi connectivity index (χ1) is 14.6. The smallest absolute Gasteiger partial charge is 0.235 e. The Kier molecular flexibility index (Phi) is 4.92. The van der Waals surface area contributed by atoms with E-state index in [0.717, 1.165) is 36.0 Å². The van der Waals surface area contributed by atoms with Crippen molar-refractivity contribution in [3.63, 3.8) is 0 Å². The Bertz CT molecular complexity index is 1140. The molecule has 6 nitrogen and oxygen atoms in total. The van der Waals surface area contributed by atoms with Crippen LogP contribution in [-0.4, -0.2) is 45.9 Å². The van der Waals surface area contributed by atoms with Gasteiger partial charge in [-0.1, -0.05) is 59.4 Å². The van der Waals surface area contributed by atoms with Crippen molar-refractivity contribution in [1.29, 1.82) is 0 Å². The Morgan fingerprint density at radius 3 is 2.37 bits per heavy atom. The van der Waals surface area contributed by atoms with Crippen LogP contribution >= 0.6 is 11.3 Å². The van der Waals surface area contributed by atoms with Crippen molar-refractivity contribution in [1.82, 2.24) is 14.6 Å². The molecule has 2 aromatic heterocycles. The predicted octanol–water partition coefficient (Wildman–Crippen LogP) is 2.61. The molecule has 0 bridgehead atoms. The molecule has 30 heavy (non-hydrogen) atoms. The van der Waals surface area contributed by atoms with Crippen molar-refractivity contribution in [2.45, 2.75) is 19.9 Å². The van der Waals surface area contributed by atoms with Crippen molar-refractivity contribution in [2.75, 3.05) is 31.1 Å². The molecule has 0 spiro atoms. The second kappa shape index (κ2) is 7.74. The summed E-state index contributed by atoms with van der Waals surface area (Å²) in [5, 5.41) is 15.4. The molecule has 1 aliphatic rings. The zero-order valence-corrected chi connectivity index (χ0v) is 18.1. The maximum Gasteiger partial charge on any atom is 0.235 e. The van der Waals surface area contributed by atoms with Crippen LogP contribution in [0.25, 0.3) is 4.96 Å². The third kappa shape index (κ3) is 3.44. The number of thiazole rings is 1. The molecule has 0 aliphatic carbocycles. The SMILES string of the molecule is Cc1ccc([C@H](c2sc3nc(C)nn3c2O)[NH+]2CCN(c3ccccc3)CC2)cc1. The average Bonchev–Trinajstić information content (AvgIpc) is 3.28. The molecule has 0 amide bonds. The lowest BCUT2D eigenvalue weighted by Crippen LogP contribution is -3.15. The number of aromatic nitrogens is 3. The summed E-state index contributed by atoms with van der Waals surface area (Å²) in [5.74, 6) is 0.901. The van der Waals surface area contributed by atoms with E-state index in [1.165, 1.54) is 21.7 Å². The molecule has 154 valence electrons. The molecule has 0 unspecified atom stereocenters. The Morgan fingerprint density at radius 2 is 1.70 bits per heavy atom. The van der Waals surface area contributed by atoms with Crippen LogP contribution < -0.4 is 9.80 Å². The zero-order chi connectivity index (χ0) is 20.7. The molecule has 1 atom stereocenters. The summed E-state index contributed by atoms with van der Waals surface area (Å²) in [6.45, 7) is 7.93. The molecule has 2 N–H and O–H groups in total. The van der Waals surface area contributed by atoms with Gasteiger partial charge in [-0.15, -0.1) is 5.10 Å². The quantitative estimate of drug-likeness (QED) is 0.533. The number of piperazine rings is 1. The monoisotopic (exact) mass is 420 g/mol. The molecule has 7 heteroatoms. The lowest BCUT2D eigenvalue weighted by Gasteiger charge is -2.37. The van der Waals surface area contributed by atoms with E-state index in [1.807, 2.05) is 6.92 Å². The van der Waals surface area contributed by atoms with Gasteiger partial charge in [0.1, 0.15) is 10.7 Å². The number of aromatic hydroxyl groups is 1. The van der Waals surface area contributed by atoms with Crippen molar-refractivity contribution >= 4 is 22.0 Å². The summed E-state index contributed by atoms with van der Waals surface area (Å²) in [6.07, 6.45) is 0. The van der Waals surface area contributed by atoms with E-state index in [-0.39, 0.29) is 11.9 Å². The molecule has 1 saturated heterocycles. The van der Waals surface area contributed by atoms with Gasteiger partial charge in [0.15, 0.2) is 6.04 Å². The van der Waals surface area contributed by atoms with E-state index in [1.54, 1.807) is 15.9 Å². The highest BCUT2D eigenvalue weighted by Gasteiger charge is 2.35. The molecule has 3 heterocycles. The van der Waals surface area contributed by atoms with Crippen molar-refractivity contribution in [2.24, 2.45) is 0 Å². The van der Waals surface area contributed by atoms with E-state index in [9.17, 15) is 5.11 Å². The second-order valence-electron chi connectivity index (χ2n) is 7.97. The van der Waals surface area contributed by atoms with Crippen LogP contribution in [-0.2, 0) is 0 Å². The zero-order valence-electron chi connectivity index (χ0n) is 17.2. The highest BCUT2D eigenvalue weighted by atomic mass is 32.1. The fourth-order valence-corrected chi connectivity index (χ4v) is 5.53. The molecule has 0 radical (unpaired) electrons. The fourth-order valence-electron chi connectivity index (χ4n) is 4.35. The number of para-hydroxylation sites is 1. The van der Waals surface area contributed by atoms with Crippen LogP contribution in [0.15, 0.2) is 54.6 Å². The van der Waals surface area contributed by atoms with Gasteiger partial charge in [0.25, 0.3) is 0 Å². The number of nitrogens with zero attached hydrogens (tertiary/aromatic N) is 4. The molecular weight excluding hydrogens is 394 g/mol. The van der Waals surface area contributed by atoms with Gasteiger partial charge in [0.05, 0.1) is 26.2 Å². The van der Waals surface area contributed by atoms with Gasteiger partial charge in [0, 0.05) is 11.3 Å². The van der Waals surface area contributed by atoms with Crippen molar-refractivity contribution < 1.29 is 10.0 Å². The predicted molar refractivity (Wildman–Crippen MR) is 120 cm³/mol. The van der Waals surface area contributed by atoms with Gasteiger partial charge < -0.3 is 14.9 Å². The first kappa shape index (κ1) is 19.1. The molecule has 5 rings (SSSR count). The summed E-state index contributed by atoms with van der Waals surface area (Å²) in [7, 11) is 0. The number of benzene rings is 2. The van der Waals surface area contributed by atoms with Gasteiger partial charge in [0.2, 0.25) is 10.8 Å². The Hall–Kier alpha value is -2.90. The summed E-state index contributed by atoms with van der Waals surface area (Å²) in [6, 6.07) is 19.4. The van der Waals surface area contributed by atoms with Crippen LogP contribution in [0.4, 0.5) is 5.69 Å². The second-order valence-corrected chi connectivity index (χ2v) is 8.98. The van der Waals surface area contributed by atoms with Gasteiger partial charge >= 0.3 is 0 Å². The largest absolute Gasteiger partial charge is 0.492 e. The number of fused-ring (bicyclic) bond motifs is 1. The number of nitrogens with one attached hydrogen (secondary N) is 1. The van der Waals surface area contributed by atoms with Gasteiger partial charge in [-0.05, 0) is 26.0 Å². The standard InChI is InChI=1S/C23H25N5OS/c1-16-8-10-18(11-9-16)20(21-22(29)28-23(30-21)24-17(2)25-28)27-14-12-26(13-15-27)19-6-4-3-5-7-19/h3-11,20,29H,12-15H2,1-2H3/p+1/t20-/m1/s1. The first-order valence-electron chi connectivity index (χ1n) is 10.4. The number of hydrogen-bond donors (Lipinski definition) is 2. The van der Waals surface area contributed by atoms with E-state index in [4.69, 9.17) is 0 Å². The van der Waals surface area contributed by atoms with E-state index in [2.05, 4.69) is 76.5 Å². The fraction of sp³-hybridized carbons (Fsp3) is 0.304. The number of hydrogen-bond acceptors (Lipinski definition) is 5. The van der Waals surface area contributed by atoms with Crippen LogP contribution in [0.3, 0.4) is 0 Å². The van der Waals surface area contributed by atoms with Crippen molar-refractivity contribution in [3.8, 4) is 5.88 Å². The normalized spacial score (nSPS) is 16.3. The Morgan fingerprint density at radius 1 is 1.00 bits per heavy atom. The van der Waals surface area contributed by atoms with Crippen LogP contribution in [0, 0.1) is 13.8 Å². The number of rotatable bonds is 4. The van der Waals surface area contributed by atoms with E-state index >= 15 is 0 Å². The molecule has 4 aromatic rings. The topological polar surface area (TPSA) is 58.1 Å². The van der Waals surface area contributed by atoms with Gasteiger partial charge in [-0.3, -0.25) is 0 Å². The Labute approximate surface area is 180 Å². The minimum atomic E-state index is 0.0670. The van der Waals surface area contributed by atoms with Gasteiger partial charge in [-0.25, -0.2) is 4.98 Å². The van der Waals surface area contributed by atoms with E-state index in [0.29, 0.717) is 5.82 Å². The first-order valence-corrected chi connectivity index (χ1v) is 11.2. The van der Waals surface area contributed by atoms with E-state index < -0.39 is 0 Å². The minimum Gasteiger partial charge on any atom is -0.492 e. The highest BCUT2D eigenvalue weighted by molar-refractivity contribution is 7.17. The maximum absolute atomic E-state index is 11.0. The Balaban J connectivity index is 1.48. The summed E-state index contributed by atoms with van der Waals surface area (Å²) in [5.41, 5.74) is 3.74. The lowest BCUT2D eigenvalue weighted by atomic mass is 10.0. The third-order valence-corrected chi connectivity index (χ3v) is 7.00. The minimum absolute atomic E-state index is 0.0670. The molecule has 0 saturated carbocycles. The average molecular weight is 421 g/mol. The number of quaternary nitrogens is 1. The molecular formula is C23H26N5OS+. The highest BCUT2D eigenvalue weighted by Crippen LogP contribution is 2.35. The van der Waals surface area contributed by atoms with Crippen molar-refractivity contribution in [3.05, 3.63) is 76.4 Å². The number of aryl methyl sites for hydroxylation is 2. The molecule has 2 aromatic carbocycles. The van der Waals surface area contributed by atoms with Crippen LogP contribution in [0.2, 0.25) is 0 Å². The summed E-state index contributed by atoms with van der Waals surface area (Å²) >= 11 is 1.55. The maximum atomic E-state index is 11.0. The molecule has 1 aliphatic heterocycles. The van der Waals surface area contributed by atoms with Gasteiger partial charge in [-0.2, -0.15) is 4.52 Å². The third-order valence-electron chi connectivity index (χ3n) is 5.91. The number of anilines is 1.